The molecular formula is C22H19ClN4O3. The molecule has 2 heterocycles. The van der Waals surface area contributed by atoms with Crippen molar-refractivity contribution in [3.63, 3.8) is 0 Å². The summed E-state index contributed by atoms with van der Waals surface area (Å²) in [5.41, 5.74) is 2.97. The lowest BCUT2D eigenvalue weighted by Crippen LogP contribution is -2.28. The van der Waals surface area contributed by atoms with E-state index in [1.165, 1.54) is 10.9 Å². The molecule has 0 saturated carbocycles. The summed E-state index contributed by atoms with van der Waals surface area (Å²) in [6.45, 7) is -0.159. The molecule has 0 aliphatic rings. The number of fused-ring (bicyclic) bond motifs is 1. The van der Waals surface area contributed by atoms with Crippen LogP contribution in [0.25, 0.3) is 22.2 Å². The third-order valence-electron chi connectivity index (χ3n) is 4.75. The van der Waals surface area contributed by atoms with Crippen molar-refractivity contribution in [3.8, 4) is 16.9 Å². The number of halogens is 1. The number of hydrogen-bond donors (Lipinski definition) is 1. The normalized spacial score (nSPS) is 10.9. The molecule has 8 heteroatoms. The molecule has 0 aliphatic heterocycles. The first kappa shape index (κ1) is 19.7. The van der Waals surface area contributed by atoms with Gasteiger partial charge in [-0.2, -0.15) is 0 Å². The number of nitrogens with one attached hydrogen (secondary N) is 1. The van der Waals surface area contributed by atoms with Gasteiger partial charge in [0.2, 0.25) is 5.91 Å². The smallest absolute Gasteiger partial charge is 0.278 e. The molecule has 0 aliphatic carbocycles. The number of carbonyl (C=O) groups excluding carboxylic acids is 1. The number of amides is 1. The standard InChI is InChI=1S/C22H19ClN4O3/c1-26-11-18(14-5-3-8-17(9-14)30-2)20-21(26)22(29)27(13-24-20)12-19(28)25-16-7-4-6-15(23)10-16/h3-11,13H,12H2,1-2H3,(H,25,28). The SMILES string of the molecule is COc1cccc(-c2cn(C)c3c(=O)n(CC(=O)Nc4cccc(Cl)c4)cnc23)c1. The summed E-state index contributed by atoms with van der Waals surface area (Å²) < 4.78 is 8.31. The number of anilines is 1. The second-order valence-electron chi connectivity index (χ2n) is 6.82. The van der Waals surface area contributed by atoms with Gasteiger partial charge in [-0.05, 0) is 35.9 Å². The second-order valence-corrected chi connectivity index (χ2v) is 7.26. The summed E-state index contributed by atoms with van der Waals surface area (Å²) in [5.74, 6) is 0.373. The summed E-state index contributed by atoms with van der Waals surface area (Å²) in [5, 5.41) is 3.25. The number of aryl methyl sites for hydroxylation is 1. The van der Waals surface area contributed by atoms with Gasteiger partial charge in [0.15, 0.2) is 0 Å². The van der Waals surface area contributed by atoms with Crippen molar-refractivity contribution in [1.29, 1.82) is 0 Å². The molecule has 0 radical (unpaired) electrons. The van der Waals surface area contributed by atoms with Gasteiger partial charge in [-0.3, -0.25) is 14.2 Å². The zero-order valence-corrected chi connectivity index (χ0v) is 17.2. The van der Waals surface area contributed by atoms with E-state index in [0.717, 1.165) is 16.9 Å². The van der Waals surface area contributed by atoms with Crippen LogP contribution in [-0.2, 0) is 18.4 Å². The minimum absolute atomic E-state index is 0.159. The molecule has 30 heavy (non-hydrogen) atoms. The highest BCUT2D eigenvalue weighted by Crippen LogP contribution is 2.29. The largest absolute Gasteiger partial charge is 0.497 e. The van der Waals surface area contributed by atoms with Gasteiger partial charge in [-0.25, -0.2) is 4.98 Å². The van der Waals surface area contributed by atoms with E-state index in [-0.39, 0.29) is 18.0 Å². The number of carbonyl (C=O) groups is 1. The first-order valence-electron chi connectivity index (χ1n) is 9.20. The van der Waals surface area contributed by atoms with Crippen LogP contribution < -0.4 is 15.6 Å². The zero-order valence-electron chi connectivity index (χ0n) is 16.4. The van der Waals surface area contributed by atoms with Gasteiger partial charge in [-0.15, -0.1) is 0 Å². The van der Waals surface area contributed by atoms with E-state index in [2.05, 4.69) is 10.3 Å². The highest BCUT2D eigenvalue weighted by Gasteiger charge is 2.16. The lowest BCUT2D eigenvalue weighted by Gasteiger charge is -2.08. The number of nitrogens with zero attached hydrogens (tertiary/aromatic N) is 3. The Morgan fingerprint density at radius 1 is 1.20 bits per heavy atom. The average Bonchev–Trinajstić information content (AvgIpc) is 3.07. The van der Waals surface area contributed by atoms with Crippen molar-refractivity contribution in [3.05, 3.63) is 76.4 Å². The Labute approximate surface area is 177 Å². The molecular weight excluding hydrogens is 404 g/mol. The van der Waals surface area contributed by atoms with Crippen LogP contribution in [0.15, 0.2) is 65.8 Å². The van der Waals surface area contributed by atoms with Crippen molar-refractivity contribution in [2.45, 2.75) is 6.54 Å². The number of aromatic nitrogens is 3. The Hall–Kier alpha value is -3.58. The van der Waals surface area contributed by atoms with Crippen LogP contribution in [0, 0.1) is 0 Å². The van der Waals surface area contributed by atoms with E-state index in [1.54, 1.807) is 43.0 Å². The fourth-order valence-electron chi connectivity index (χ4n) is 3.35. The van der Waals surface area contributed by atoms with E-state index >= 15 is 0 Å². The molecule has 0 saturated heterocycles. The van der Waals surface area contributed by atoms with E-state index in [4.69, 9.17) is 16.3 Å². The minimum atomic E-state index is -0.345. The van der Waals surface area contributed by atoms with Crippen LogP contribution in [0.1, 0.15) is 0 Å². The Morgan fingerprint density at radius 2 is 2.00 bits per heavy atom. The van der Waals surface area contributed by atoms with Crippen LogP contribution in [-0.4, -0.2) is 27.1 Å². The Bertz CT molecular complexity index is 1310. The molecule has 4 aromatic rings. The number of benzene rings is 2. The van der Waals surface area contributed by atoms with Gasteiger partial charge in [0.05, 0.1) is 13.4 Å². The maximum atomic E-state index is 13.0. The lowest BCUT2D eigenvalue weighted by atomic mass is 10.1. The number of ether oxygens (including phenoxy) is 1. The summed E-state index contributed by atoms with van der Waals surface area (Å²) >= 11 is 5.94. The van der Waals surface area contributed by atoms with Crippen LogP contribution in [0.4, 0.5) is 5.69 Å². The number of rotatable bonds is 5. The van der Waals surface area contributed by atoms with Gasteiger partial charge in [0, 0.05) is 29.5 Å². The molecule has 0 unspecified atom stereocenters. The Kier molecular flexibility index (Phi) is 5.29. The molecule has 0 atom stereocenters. The quantitative estimate of drug-likeness (QED) is 0.532. The van der Waals surface area contributed by atoms with E-state index < -0.39 is 0 Å². The van der Waals surface area contributed by atoms with Crippen LogP contribution in [0.2, 0.25) is 5.02 Å². The van der Waals surface area contributed by atoms with Gasteiger partial charge in [-0.1, -0.05) is 29.8 Å². The number of hydrogen-bond acceptors (Lipinski definition) is 4. The van der Waals surface area contributed by atoms with E-state index in [0.29, 0.717) is 21.7 Å². The summed E-state index contributed by atoms with van der Waals surface area (Å²) in [7, 11) is 3.39. The highest BCUT2D eigenvalue weighted by atomic mass is 35.5. The molecule has 1 N–H and O–H groups in total. The molecule has 152 valence electrons. The average molecular weight is 423 g/mol. The summed E-state index contributed by atoms with van der Waals surface area (Å²) in [6, 6.07) is 14.4. The molecule has 1 amide bonds. The molecule has 4 rings (SSSR count). The molecule has 0 fully saturated rings. The lowest BCUT2D eigenvalue weighted by molar-refractivity contribution is -0.116. The predicted octanol–water partition coefficient (Wildman–Crippen LogP) is 3.70. The van der Waals surface area contributed by atoms with Crippen molar-refractivity contribution < 1.29 is 9.53 Å². The molecule has 7 nitrogen and oxygen atoms in total. The zero-order chi connectivity index (χ0) is 21.3. The first-order valence-corrected chi connectivity index (χ1v) is 9.58. The summed E-state index contributed by atoms with van der Waals surface area (Å²) in [4.78, 5) is 29.9. The molecule has 2 aromatic carbocycles. The molecule has 0 bridgehead atoms. The highest BCUT2D eigenvalue weighted by molar-refractivity contribution is 6.30. The maximum Gasteiger partial charge on any atom is 0.278 e. The maximum absolute atomic E-state index is 13.0. The fraction of sp³-hybridized carbons (Fsp3) is 0.136. The monoisotopic (exact) mass is 422 g/mol. The van der Waals surface area contributed by atoms with Crippen molar-refractivity contribution in [2.75, 3.05) is 12.4 Å². The third-order valence-corrected chi connectivity index (χ3v) is 4.98. The first-order chi connectivity index (χ1) is 14.5. The van der Waals surface area contributed by atoms with Crippen LogP contribution in [0.5, 0.6) is 5.75 Å². The van der Waals surface area contributed by atoms with Crippen LogP contribution >= 0.6 is 11.6 Å². The topological polar surface area (TPSA) is 78.1 Å². The van der Waals surface area contributed by atoms with E-state index in [9.17, 15) is 9.59 Å². The van der Waals surface area contributed by atoms with Gasteiger partial charge in [0.25, 0.3) is 5.56 Å². The summed E-state index contributed by atoms with van der Waals surface area (Å²) in [6.07, 6.45) is 3.25. The van der Waals surface area contributed by atoms with Gasteiger partial charge >= 0.3 is 0 Å². The van der Waals surface area contributed by atoms with Crippen molar-refractivity contribution >= 4 is 34.2 Å². The van der Waals surface area contributed by atoms with Crippen molar-refractivity contribution in [2.24, 2.45) is 7.05 Å². The van der Waals surface area contributed by atoms with Gasteiger partial charge in [0.1, 0.15) is 23.3 Å². The Morgan fingerprint density at radius 3 is 2.77 bits per heavy atom. The second kappa shape index (κ2) is 8.04. The third kappa shape index (κ3) is 3.79. The van der Waals surface area contributed by atoms with Gasteiger partial charge < -0.3 is 14.6 Å². The fourth-order valence-corrected chi connectivity index (χ4v) is 3.54. The van der Waals surface area contributed by atoms with E-state index in [1.807, 2.05) is 30.5 Å². The van der Waals surface area contributed by atoms with Crippen molar-refractivity contribution in [1.82, 2.24) is 14.1 Å². The van der Waals surface area contributed by atoms with Crippen LogP contribution in [0.3, 0.4) is 0 Å². The minimum Gasteiger partial charge on any atom is -0.497 e. The predicted molar refractivity (Wildman–Crippen MR) is 117 cm³/mol. The number of methoxy groups -OCH3 is 1. The Balaban J connectivity index is 1.67. The molecule has 0 spiro atoms. The molecule has 2 aromatic heterocycles.